The van der Waals surface area contributed by atoms with E-state index < -0.39 is 42.2 Å². The maximum Gasteiger partial charge on any atom is 0.462 e. The van der Waals surface area contributed by atoms with Crippen molar-refractivity contribution >= 4 is 5.97 Å². The van der Waals surface area contributed by atoms with Crippen molar-refractivity contribution in [2.24, 2.45) is 41.4 Å². The van der Waals surface area contributed by atoms with Crippen molar-refractivity contribution in [1.82, 2.24) is 0 Å². The summed E-state index contributed by atoms with van der Waals surface area (Å²) in [5.41, 5.74) is -2.45. The third kappa shape index (κ3) is 2.23. The molecule has 1 heterocycles. The minimum atomic E-state index is -5.62. The Hall–Kier alpha value is -1.22. The Balaban J connectivity index is 1.53. The molecule has 4 nitrogen and oxygen atoms in total. The fourth-order valence-electron chi connectivity index (χ4n) is 7.35. The smallest absolute Gasteiger partial charge is 0.418 e. The molecule has 9 unspecified atom stereocenters. The molecule has 0 aromatic heterocycles. The van der Waals surface area contributed by atoms with E-state index in [1.807, 2.05) is 0 Å². The Labute approximate surface area is 164 Å². The molecule has 0 radical (unpaired) electrons. The molecule has 9 atom stereocenters. The largest absolute Gasteiger partial charge is 0.462 e. The normalized spacial score (nSPS) is 52.0. The summed E-state index contributed by atoms with van der Waals surface area (Å²) in [4.78, 5) is 11.4. The van der Waals surface area contributed by atoms with Crippen LogP contribution in [0.15, 0.2) is 12.2 Å². The maximum absolute atomic E-state index is 15.7. The molecule has 4 aliphatic carbocycles. The lowest BCUT2D eigenvalue weighted by Gasteiger charge is -2.55. The van der Waals surface area contributed by atoms with E-state index >= 15 is 8.78 Å². The van der Waals surface area contributed by atoms with Crippen molar-refractivity contribution in [1.29, 1.82) is 0 Å². The number of rotatable bonds is 2. The molecule has 0 amide bonds. The van der Waals surface area contributed by atoms with Gasteiger partial charge in [-0.2, -0.15) is 22.0 Å². The van der Waals surface area contributed by atoms with E-state index in [0.29, 0.717) is 31.1 Å². The summed E-state index contributed by atoms with van der Waals surface area (Å²) in [5, 5.41) is 0. The van der Waals surface area contributed by atoms with Gasteiger partial charge in [0.1, 0.15) is 5.60 Å². The first-order valence-electron chi connectivity index (χ1n) is 10.0. The lowest BCUT2D eigenvalue weighted by Crippen LogP contribution is -2.76. The Morgan fingerprint density at radius 1 is 1.07 bits per heavy atom. The molecule has 1 saturated heterocycles. The molecule has 1 aliphatic heterocycles. The van der Waals surface area contributed by atoms with Crippen LogP contribution < -0.4 is 0 Å². The van der Waals surface area contributed by atoms with Gasteiger partial charge >= 0.3 is 23.9 Å². The minimum Gasteiger partial charge on any atom is -0.418 e. The third-order valence-electron chi connectivity index (χ3n) is 8.30. The zero-order chi connectivity index (χ0) is 21.0. The molecule has 5 rings (SSSR count). The van der Waals surface area contributed by atoms with Crippen LogP contribution in [-0.4, -0.2) is 36.2 Å². The quantitative estimate of drug-likeness (QED) is 0.288. The molecule has 29 heavy (non-hydrogen) atoms. The fourth-order valence-corrected chi connectivity index (χ4v) is 7.35. The number of hydrogen-bond acceptors (Lipinski definition) is 4. The van der Waals surface area contributed by atoms with Gasteiger partial charge in [0.15, 0.2) is 6.79 Å². The first kappa shape index (κ1) is 19.7. The molecule has 0 aromatic rings. The monoisotopic (exact) mass is 422 g/mol. The summed E-state index contributed by atoms with van der Waals surface area (Å²) in [7, 11) is 0. The molecule has 162 valence electrons. The topological polar surface area (TPSA) is 44.8 Å². The van der Waals surface area contributed by atoms with Gasteiger partial charge in [-0.1, -0.05) is 12.2 Å². The first-order valence-corrected chi connectivity index (χ1v) is 10.0. The number of ether oxygens (including phenoxy) is 3. The van der Waals surface area contributed by atoms with Gasteiger partial charge in [-0.05, 0) is 67.6 Å². The van der Waals surface area contributed by atoms with Gasteiger partial charge in [-0.3, -0.25) is 4.79 Å². The zero-order valence-electron chi connectivity index (χ0n) is 16.0. The summed E-state index contributed by atoms with van der Waals surface area (Å²) in [6.45, 7) is 0.666. The van der Waals surface area contributed by atoms with Gasteiger partial charge in [0.2, 0.25) is 0 Å². The number of allylic oxidation sites excluding steroid dienone is 2. The summed E-state index contributed by atoms with van der Waals surface area (Å²) in [6, 6.07) is 0. The van der Waals surface area contributed by atoms with Crippen LogP contribution in [0.1, 0.15) is 33.1 Å². The highest BCUT2D eigenvalue weighted by Gasteiger charge is 2.84. The number of fused-ring (bicyclic) bond motifs is 9. The van der Waals surface area contributed by atoms with E-state index in [0.717, 1.165) is 19.8 Å². The van der Waals surface area contributed by atoms with Gasteiger partial charge in [0.25, 0.3) is 0 Å². The molecule has 9 heteroatoms. The number of esters is 1. The Bertz CT molecular complexity index is 766. The van der Waals surface area contributed by atoms with Crippen LogP contribution in [-0.2, 0) is 19.0 Å². The molecule has 0 N–H and O–H groups in total. The van der Waals surface area contributed by atoms with Crippen LogP contribution in [0.5, 0.6) is 0 Å². The van der Waals surface area contributed by atoms with Crippen LogP contribution in [0.2, 0.25) is 0 Å². The van der Waals surface area contributed by atoms with Crippen molar-refractivity contribution in [3.05, 3.63) is 12.2 Å². The standard InChI is InChI=1S/C20H23F5O4/c1-9(26)29-19(20(23,24)25)18(21,22)17(2,27-8-28-19)14-7-12-6-13(14)16-11-4-3-10(5-11)15(12)16/h3-4,10-16H,5-8H2,1-2H3. The molecular formula is C20H23F5O4. The van der Waals surface area contributed by atoms with E-state index in [2.05, 4.69) is 21.6 Å². The molecule has 0 aromatic carbocycles. The van der Waals surface area contributed by atoms with E-state index in [4.69, 9.17) is 4.74 Å². The van der Waals surface area contributed by atoms with Crippen LogP contribution in [0.4, 0.5) is 22.0 Å². The van der Waals surface area contributed by atoms with Crippen LogP contribution in [0, 0.1) is 41.4 Å². The van der Waals surface area contributed by atoms with Crippen molar-refractivity contribution in [3.63, 3.8) is 0 Å². The Morgan fingerprint density at radius 3 is 2.34 bits per heavy atom. The number of alkyl halides is 5. The lowest BCUT2D eigenvalue weighted by molar-refractivity contribution is -0.504. The van der Waals surface area contributed by atoms with Crippen LogP contribution >= 0.6 is 0 Å². The highest BCUT2D eigenvalue weighted by atomic mass is 19.4. The van der Waals surface area contributed by atoms with Crippen molar-refractivity contribution in [3.8, 4) is 0 Å². The van der Waals surface area contributed by atoms with Crippen molar-refractivity contribution in [2.75, 3.05) is 6.79 Å². The van der Waals surface area contributed by atoms with E-state index in [1.54, 1.807) is 0 Å². The third-order valence-corrected chi connectivity index (χ3v) is 8.30. The average molecular weight is 422 g/mol. The maximum atomic E-state index is 15.7. The van der Waals surface area contributed by atoms with E-state index in [-0.39, 0.29) is 17.8 Å². The lowest BCUT2D eigenvalue weighted by atomic mass is 9.63. The fraction of sp³-hybridized carbons (Fsp3) is 0.850. The van der Waals surface area contributed by atoms with Crippen molar-refractivity contribution < 1.29 is 41.0 Å². The minimum absolute atomic E-state index is 0.137. The Kier molecular flexibility index (Phi) is 3.89. The number of carbonyl (C=O) groups excluding carboxylic acids is 1. The highest BCUT2D eigenvalue weighted by Crippen LogP contribution is 2.71. The summed E-state index contributed by atoms with van der Waals surface area (Å²) in [6.07, 6.45) is 0.848. The van der Waals surface area contributed by atoms with E-state index in [1.165, 1.54) is 0 Å². The average Bonchev–Trinajstić information content (AvgIpc) is 3.35. The first-order chi connectivity index (χ1) is 13.4. The summed E-state index contributed by atoms with van der Waals surface area (Å²) in [5.74, 6) is -9.73. The molecule has 4 bridgehead atoms. The predicted molar refractivity (Wildman–Crippen MR) is 88.4 cm³/mol. The summed E-state index contributed by atoms with van der Waals surface area (Å²) < 4.78 is 86.8. The predicted octanol–water partition coefficient (Wildman–Crippen LogP) is 4.30. The molecule has 0 spiro atoms. The van der Waals surface area contributed by atoms with Crippen LogP contribution in [0.3, 0.4) is 0 Å². The molecule has 5 aliphatic rings. The highest BCUT2D eigenvalue weighted by molar-refractivity contribution is 5.66. The van der Waals surface area contributed by atoms with Crippen molar-refractivity contribution in [2.45, 2.75) is 56.6 Å². The van der Waals surface area contributed by atoms with Gasteiger partial charge in [0, 0.05) is 6.92 Å². The second-order valence-electron chi connectivity index (χ2n) is 9.40. The second-order valence-corrected chi connectivity index (χ2v) is 9.40. The van der Waals surface area contributed by atoms with Gasteiger partial charge in [-0.15, -0.1) is 0 Å². The summed E-state index contributed by atoms with van der Waals surface area (Å²) >= 11 is 0. The van der Waals surface area contributed by atoms with E-state index in [9.17, 15) is 18.0 Å². The number of hydrogen-bond donors (Lipinski definition) is 0. The second kappa shape index (κ2) is 5.72. The molecular weight excluding hydrogens is 399 g/mol. The zero-order valence-corrected chi connectivity index (χ0v) is 16.0. The Morgan fingerprint density at radius 2 is 1.72 bits per heavy atom. The molecule has 4 fully saturated rings. The van der Waals surface area contributed by atoms with Gasteiger partial charge in [0.05, 0.1) is 0 Å². The SMILES string of the molecule is CC(=O)OC1(C(F)(F)F)OCOC(C)(C2CC3CC2C2C4C=CC(C4)C32)C1(F)F. The number of halogens is 5. The van der Waals surface area contributed by atoms with Gasteiger partial charge < -0.3 is 14.2 Å². The van der Waals surface area contributed by atoms with Gasteiger partial charge in [-0.25, -0.2) is 0 Å². The number of carbonyl (C=O) groups is 1. The van der Waals surface area contributed by atoms with Crippen LogP contribution in [0.25, 0.3) is 0 Å². The molecule has 3 saturated carbocycles.